The van der Waals surface area contributed by atoms with Gasteiger partial charge in [-0.1, -0.05) is 6.92 Å². The molecule has 2 rings (SSSR count). The fourth-order valence-corrected chi connectivity index (χ4v) is 2.16. The van der Waals surface area contributed by atoms with Crippen LogP contribution in [0.25, 0.3) is 0 Å². The SMILES string of the molecule is CCCN1C(=O)NC2(CCOCC2)C1=O. The first-order valence-electron chi connectivity index (χ1n) is 5.41. The van der Waals surface area contributed by atoms with Crippen LogP contribution in [0.2, 0.25) is 0 Å². The van der Waals surface area contributed by atoms with Crippen molar-refractivity contribution in [1.82, 2.24) is 10.2 Å². The van der Waals surface area contributed by atoms with E-state index in [1.807, 2.05) is 6.92 Å². The smallest absolute Gasteiger partial charge is 0.325 e. The second-order valence-electron chi connectivity index (χ2n) is 4.08. The average Bonchev–Trinajstić information content (AvgIpc) is 2.45. The minimum atomic E-state index is -0.662. The number of amides is 3. The molecule has 0 aromatic heterocycles. The summed E-state index contributed by atoms with van der Waals surface area (Å²) in [6.07, 6.45) is 1.99. The lowest BCUT2D eigenvalue weighted by atomic mass is 9.90. The van der Waals surface area contributed by atoms with Crippen molar-refractivity contribution in [3.8, 4) is 0 Å². The van der Waals surface area contributed by atoms with Gasteiger partial charge < -0.3 is 10.1 Å². The van der Waals surface area contributed by atoms with Gasteiger partial charge in [-0.25, -0.2) is 4.79 Å². The fraction of sp³-hybridized carbons (Fsp3) is 0.800. The maximum Gasteiger partial charge on any atom is 0.325 e. The Bertz CT molecular complexity index is 284. The molecular formula is C10H16N2O3. The molecule has 3 amide bonds. The van der Waals surface area contributed by atoms with E-state index >= 15 is 0 Å². The van der Waals surface area contributed by atoms with Gasteiger partial charge in [0.1, 0.15) is 5.54 Å². The molecular weight excluding hydrogens is 196 g/mol. The number of hydrogen-bond acceptors (Lipinski definition) is 3. The molecule has 1 N–H and O–H groups in total. The number of nitrogens with zero attached hydrogens (tertiary/aromatic N) is 1. The minimum absolute atomic E-state index is 0.0716. The van der Waals surface area contributed by atoms with E-state index in [0.29, 0.717) is 32.6 Å². The first-order valence-corrected chi connectivity index (χ1v) is 5.41. The monoisotopic (exact) mass is 212 g/mol. The van der Waals surface area contributed by atoms with Crippen LogP contribution in [0.5, 0.6) is 0 Å². The zero-order valence-electron chi connectivity index (χ0n) is 8.91. The molecule has 0 radical (unpaired) electrons. The third-order valence-electron chi connectivity index (χ3n) is 3.04. The van der Waals surface area contributed by atoms with E-state index < -0.39 is 5.54 Å². The fourth-order valence-electron chi connectivity index (χ4n) is 2.16. The van der Waals surface area contributed by atoms with Gasteiger partial charge in [-0.2, -0.15) is 0 Å². The largest absolute Gasteiger partial charge is 0.381 e. The van der Waals surface area contributed by atoms with E-state index in [1.165, 1.54) is 4.90 Å². The maximum atomic E-state index is 12.1. The van der Waals surface area contributed by atoms with Gasteiger partial charge in [0.05, 0.1) is 0 Å². The third-order valence-corrected chi connectivity index (χ3v) is 3.04. The molecule has 0 aromatic carbocycles. The molecule has 84 valence electrons. The van der Waals surface area contributed by atoms with Crippen molar-refractivity contribution < 1.29 is 14.3 Å². The second-order valence-corrected chi connectivity index (χ2v) is 4.08. The molecule has 0 atom stereocenters. The quantitative estimate of drug-likeness (QED) is 0.678. The first kappa shape index (κ1) is 10.4. The number of nitrogens with one attached hydrogen (secondary N) is 1. The van der Waals surface area contributed by atoms with Crippen LogP contribution in [-0.4, -0.2) is 42.1 Å². The summed E-state index contributed by atoms with van der Waals surface area (Å²) in [5, 5.41) is 2.81. The average molecular weight is 212 g/mol. The molecule has 2 fully saturated rings. The summed E-state index contributed by atoms with van der Waals surface area (Å²) in [6.45, 7) is 3.56. The molecule has 0 aromatic rings. The molecule has 2 aliphatic heterocycles. The molecule has 0 unspecified atom stereocenters. The molecule has 0 aliphatic carbocycles. The van der Waals surface area contributed by atoms with Crippen molar-refractivity contribution in [2.45, 2.75) is 31.7 Å². The van der Waals surface area contributed by atoms with Crippen LogP contribution in [0, 0.1) is 0 Å². The summed E-state index contributed by atoms with van der Waals surface area (Å²) in [4.78, 5) is 25.0. The third kappa shape index (κ3) is 1.61. The zero-order valence-corrected chi connectivity index (χ0v) is 8.91. The van der Waals surface area contributed by atoms with Gasteiger partial charge in [0.2, 0.25) is 0 Å². The summed E-state index contributed by atoms with van der Waals surface area (Å²) in [5.41, 5.74) is -0.662. The number of carbonyl (C=O) groups excluding carboxylic acids is 2. The standard InChI is InChI=1S/C10H16N2O3/c1-2-5-12-8(13)10(11-9(12)14)3-6-15-7-4-10/h2-7H2,1H3,(H,11,14). The normalized spacial score (nSPS) is 24.7. The van der Waals surface area contributed by atoms with Crippen molar-refractivity contribution in [1.29, 1.82) is 0 Å². The molecule has 5 nitrogen and oxygen atoms in total. The lowest BCUT2D eigenvalue weighted by Gasteiger charge is -2.30. The van der Waals surface area contributed by atoms with Gasteiger partial charge in [0.15, 0.2) is 0 Å². The predicted octanol–water partition coefficient (Wildman–Crippen LogP) is 0.497. The lowest BCUT2D eigenvalue weighted by molar-refractivity contribution is -0.134. The topological polar surface area (TPSA) is 58.6 Å². The Kier molecular flexibility index (Phi) is 2.65. The molecule has 15 heavy (non-hydrogen) atoms. The van der Waals surface area contributed by atoms with Crippen molar-refractivity contribution in [3.63, 3.8) is 0 Å². The van der Waals surface area contributed by atoms with Gasteiger partial charge in [0, 0.05) is 32.6 Å². The molecule has 2 aliphatic rings. The maximum absolute atomic E-state index is 12.1. The molecule has 0 bridgehead atoms. The molecule has 0 saturated carbocycles. The highest BCUT2D eigenvalue weighted by Crippen LogP contribution is 2.28. The van der Waals surface area contributed by atoms with Crippen LogP contribution >= 0.6 is 0 Å². The number of rotatable bonds is 2. The van der Waals surface area contributed by atoms with Crippen molar-refractivity contribution in [3.05, 3.63) is 0 Å². The van der Waals surface area contributed by atoms with E-state index in [9.17, 15) is 9.59 Å². The minimum Gasteiger partial charge on any atom is -0.381 e. The van der Waals surface area contributed by atoms with Crippen LogP contribution in [0.1, 0.15) is 26.2 Å². The molecule has 2 saturated heterocycles. The van der Waals surface area contributed by atoms with Gasteiger partial charge >= 0.3 is 6.03 Å². The van der Waals surface area contributed by atoms with Gasteiger partial charge in [0.25, 0.3) is 5.91 Å². The summed E-state index contributed by atoms with van der Waals surface area (Å²) < 4.78 is 5.21. The summed E-state index contributed by atoms with van der Waals surface area (Å²) in [6, 6.07) is -0.247. The molecule has 2 heterocycles. The number of imide groups is 1. The van der Waals surface area contributed by atoms with E-state index in [4.69, 9.17) is 4.74 Å². The number of carbonyl (C=O) groups is 2. The number of hydrogen-bond donors (Lipinski definition) is 1. The van der Waals surface area contributed by atoms with E-state index in [1.54, 1.807) is 0 Å². The highest BCUT2D eigenvalue weighted by molar-refractivity contribution is 6.07. The van der Waals surface area contributed by atoms with Crippen molar-refractivity contribution in [2.24, 2.45) is 0 Å². The van der Waals surface area contributed by atoms with Crippen LogP contribution < -0.4 is 5.32 Å². The van der Waals surface area contributed by atoms with Crippen molar-refractivity contribution in [2.75, 3.05) is 19.8 Å². The Morgan fingerprint density at radius 3 is 2.67 bits per heavy atom. The second kappa shape index (κ2) is 3.81. The van der Waals surface area contributed by atoms with Crippen LogP contribution in [-0.2, 0) is 9.53 Å². The predicted molar refractivity (Wildman–Crippen MR) is 53.3 cm³/mol. The summed E-state index contributed by atoms with van der Waals surface area (Å²) in [7, 11) is 0. The summed E-state index contributed by atoms with van der Waals surface area (Å²) >= 11 is 0. The lowest BCUT2D eigenvalue weighted by Crippen LogP contribution is -2.51. The Morgan fingerprint density at radius 2 is 2.07 bits per heavy atom. The number of urea groups is 1. The van der Waals surface area contributed by atoms with Gasteiger partial charge in [-0.05, 0) is 6.42 Å². The molecule has 5 heteroatoms. The Morgan fingerprint density at radius 1 is 1.40 bits per heavy atom. The van der Waals surface area contributed by atoms with Crippen LogP contribution in [0.15, 0.2) is 0 Å². The van der Waals surface area contributed by atoms with Crippen molar-refractivity contribution >= 4 is 11.9 Å². The highest BCUT2D eigenvalue weighted by atomic mass is 16.5. The Hall–Kier alpha value is -1.10. The van der Waals surface area contributed by atoms with Crippen LogP contribution in [0.4, 0.5) is 4.79 Å². The number of ether oxygens (including phenoxy) is 1. The summed E-state index contributed by atoms with van der Waals surface area (Å²) in [5.74, 6) is -0.0716. The van der Waals surface area contributed by atoms with Gasteiger partial charge in [-0.15, -0.1) is 0 Å². The van der Waals surface area contributed by atoms with Gasteiger partial charge in [-0.3, -0.25) is 9.69 Å². The first-order chi connectivity index (χ1) is 7.19. The van der Waals surface area contributed by atoms with E-state index in [2.05, 4.69) is 5.32 Å². The van der Waals surface area contributed by atoms with Crippen LogP contribution in [0.3, 0.4) is 0 Å². The van der Waals surface area contributed by atoms with E-state index in [-0.39, 0.29) is 11.9 Å². The highest BCUT2D eigenvalue weighted by Gasteiger charge is 2.51. The zero-order chi connectivity index (χ0) is 10.9. The Labute approximate surface area is 88.8 Å². The van der Waals surface area contributed by atoms with E-state index in [0.717, 1.165) is 6.42 Å². The molecule has 1 spiro atoms. The Balaban J connectivity index is 2.15.